The molecule has 6 heteroatoms. The smallest absolute Gasteiger partial charge is 0.408 e. The van der Waals surface area contributed by atoms with Gasteiger partial charge in [0.1, 0.15) is 17.7 Å². The Morgan fingerprint density at radius 3 is 2.24 bits per heavy atom. The van der Waals surface area contributed by atoms with Crippen LogP contribution in [0.25, 0.3) is 0 Å². The average Bonchev–Trinajstić information content (AvgIpc) is 2.34. The molecule has 0 radical (unpaired) electrons. The number of nitrogens with one attached hydrogen (secondary N) is 2. The molecule has 1 aliphatic rings. The van der Waals surface area contributed by atoms with Crippen molar-refractivity contribution in [3.63, 3.8) is 0 Å². The van der Waals surface area contributed by atoms with Crippen molar-refractivity contribution in [2.24, 2.45) is 5.92 Å². The molecule has 21 heavy (non-hydrogen) atoms. The first-order chi connectivity index (χ1) is 9.69. The SMILES string of the molecule is CC(C)C(NC(=O)OC(C)(C)C)C(=O)OC1CCNCC1. The molecule has 0 aromatic rings. The number of alkyl carbamates (subject to hydrolysis) is 1. The van der Waals surface area contributed by atoms with E-state index >= 15 is 0 Å². The molecular weight excluding hydrogens is 272 g/mol. The highest BCUT2D eigenvalue weighted by Crippen LogP contribution is 2.13. The normalized spacial score (nSPS) is 18.2. The maximum atomic E-state index is 12.2. The molecule has 1 aliphatic heterocycles. The highest BCUT2D eigenvalue weighted by molar-refractivity contribution is 5.81. The van der Waals surface area contributed by atoms with E-state index in [0.29, 0.717) is 0 Å². The first kappa shape index (κ1) is 17.8. The van der Waals surface area contributed by atoms with Gasteiger partial charge in [-0.25, -0.2) is 9.59 Å². The van der Waals surface area contributed by atoms with Crippen LogP contribution >= 0.6 is 0 Å². The third kappa shape index (κ3) is 6.80. The van der Waals surface area contributed by atoms with Crippen molar-refractivity contribution in [1.82, 2.24) is 10.6 Å². The molecule has 0 saturated carbocycles. The van der Waals surface area contributed by atoms with Crippen molar-refractivity contribution in [2.75, 3.05) is 13.1 Å². The number of carbonyl (C=O) groups excluding carboxylic acids is 2. The minimum absolute atomic E-state index is 0.0632. The van der Waals surface area contributed by atoms with Gasteiger partial charge in [0.25, 0.3) is 0 Å². The van der Waals surface area contributed by atoms with Crippen molar-refractivity contribution < 1.29 is 19.1 Å². The average molecular weight is 300 g/mol. The predicted molar refractivity (Wildman–Crippen MR) is 80.0 cm³/mol. The van der Waals surface area contributed by atoms with Crippen LogP contribution in [0.15, 0.2) is 0 Å². The first-order valence-electron chi connectivity index (χ1n) is 7.60. The summed E-state index contributed by atoms with van der Waals surface area (Å²) in [5.41, 5.74) is -0.593. The molecule has 1 fully saturated rings. The van der Waals surface area contributed by atoms with E-state index in [0.717, 1.165) is 25.9 Å². The number of piperidine rings is 1. The molecule has 0 aromatic heterocycles. The van der Waals surface area contributed by atoms with Crippen LogP contribution in [-0.4, -0.2) is 42.9 Å². The summed E-state index contributed by atoms with van der Waals surface area (Å²) < 4.78 is 10.7. The number of rotatable bonds is 4. The van der Waals surface area contributed by atoms with Gasteiger partial charge in [-0.1, -0.05) is 13.8 Å². The molecule has 0 bridgehead atoms. The second kappa shape index (κ2) is 7.64. The maximum Gasteiger partial charge on any atom is 0.408 e. The summed E-state index contributed by atoms with van der Waals surface area (Å²) in [7, 11) is 0. The zero-order chi connectivity index (χ0) is 16.0. The van der Waals surface area contributed by atoms with Crippen molar-refractivity contribution in [3.8, 4) is 0 Å². The molecule has 0 spiro atoms. The third-order valence-corrected chi connectivity index (χ3v) is 3.16. The zero-order valence-electron chi connectivity index (χ0n) is 13.7. The number of ether oxygens (including phenoxy) is 2. The molecule has 0 aliphatic carbocycles. The molecule has 1 heterocycles. The molecule has 2 N–H and O–H groups in total. The molecule has 1 atom stereocenters. The van der Waals surface area contributed by atoms with E-state index in [1.54, 1.807) is 20.8 Å². The largest absolute Gasteiger partial charge is 0.461 e. The van der Waals surface area contributed by atoms with Crippen molar-refractivity contribution in [2.45, 2.75) is 65.2 Å². The standard InChI is InChI=1S/C15H28N2O4/c1-10(2)12(17-14(19)21-15(3,4)5)13(18)20-11-6-8-16-9-7-11/h10-12,16H,6-9H2,1-5H3,(H,17,19). The Labute approximate surface area is 126 Å². The van der Waals surface area contributed by atoms with Crippen LogP contribution in [-0.2, 0) is 14.3 Å². The van der Waals surface area contributed by atoms with Crippen LogP contribution in [0.5, 0.6) is 0 Å². The highest BCUT2D eigenvalue weighted by Gasteiger charge is 2.30. The summed E-state index contributed by atoms with van der Waals surface area (Å²) in [5, 5.41) is 5.83. The van der Waals surface area contributed by atoms with Crippen LogP contribution in [0.1, 0.15) is 47.5 Å². The van der Waals surface area contributed by atoms with Crippen LogP contribution in [0.2, 0.25) is 0 Å². The molecule has 122 valence electrons. The summed E-state index contributed by atoms with van der Waals surface area (Å²) in [6, 6.07) is -0.685. The Kier molecular flexibility index (Phi) is 6.45. The zero-order valence-corrected chi connectivity index (χ0v) is 13.7. The lowest BCUT2D eigenvalue weighted by Gasteiger charge is -2.28. The summed E-state index contributed by atoms with van der Waals surface area (Å²) in [6.45, 7) is 10.8. The lowest BCUT2D eigenvalue weighted by atomic mass is 10.0. The van der Waals surface area contributed by atoms with E-state index in [4.69, 9.17) is 9.47 Å². The Morgan fingerprint density at radius 1 is 1.19 bits per heavy atom. The number of esters is 1. The first-order valence-corrected chi connectivity index (χ1v) is 7.60. The summed E-state index contributed by atoms with van der Waals surface area (Å²) in [5.74, 6) is -0.450. The minimum Gasteiger partial charge on any atom is -0.461 e. The molecule has 1 saturated heterocycles. The van der Waals surface area contributed by atoms with Gasteiger partial charge in [-0.2, -0.15) is 0 Å². The number of hydrogen-bond acceptors (Lipinski definition) is 5. The second-order valence-electron chi connectivity index (χ2n) is 6.75. The molecule has 6 nitrogen and oxygen atoms in total. The monoisotopic (exact) mass is 300 g/mol. The summed E-state index contributed by atoms with van der Waals surface area (Å²) in [6.07, 6.45) is 0.954. The van der Waals surface area contributed by atoms with Crippen LogP contribution in [0, 0.1) is 5.92 Å². The van der Waals surface area contributed by atoms with E-state index in [-0.39, 0.29) is 18.0 Å². The quantitative estimate of drug-likeness (QED) is 0.775. The van der Waals surface area contributed by atoms with Crippen LogP contribution in [0.3, 0.4) is 0 Å². The van der Waals surface area contributed by atoms with E-state index in [1.807, 2.05) is 13.8 Å². The fourth-order valence-corrected chi connectivity index (χ4v) is 2.08. The second-order valence-corrected chi connectivity index (χ2v) is 6.75. The number of hydrogen-bond donors (Lipinski definition) is 2. The topological polar surface area (TPSA) is 76.7 Å². The fourth-order valence-electron chi connectivity index (χ4n) is 2.08. The van der Waals surface area contributed by atoms with Gasteiger partial charge in [-0.3, -0.25) is 0 Å². The van der Waals surface area contributed by atoms with Crippen molar-refractivity contribution >= 4 is 12.1 Å². The predicted octanol–water partition coefficient (Wildman–Crippen LogP) is 1.83. The van der Waals surface area contributed by atoms with Gasteiger partial charge in [-0.15, -0.1) is 0 Å². The Morgan fingerprint density at radius 2 is 1.76 bits per heavy atom. The molecule has 1 amide bonds. The van der Waals surface area contributed by atoms with Crippen LogP contribution in [0.4, 0.5) is 4.79 Å². The van der Waals surface area contributed by atoms with Gasteiger partial charge >= 0.3 is 12.1 Å². The van der Waals surface area contributed by atoms with E-state index in [9.17, 15) is 9.59 Å². The lowest BCUT2D eigenvalue weighted by Crippen LogP contribution is -2.48. The van der Waals surface area contributed by atoms with E-state index in [1.165, 1.54) is 0 Å². The van der Waals surface area contributed by atoms with Gasteiger partial charge < -0.3 is 20.1 Å². The van der Waals surface area contributed by atoms with Gasteiger partial charge in [0.15, 0.2) is 0 Å². The Balaban J connectivity index is 2.55. The maximum absolute atomic E-state index is 12.2. The fraction of sp³-hybridized carbons (Fsp3) is 0.867. The molecule has 1 rings (SSSR count). The number of amides is 1. The summed E-state index contributed by atoms with van der Waals surface area (Å²) in [4.78, 5) is 24.1. The highest BCUT2D eigenvalue weighted by atomic mass is 16.6. The minimum atomic E-state index is -0.685. The summed E-state index contributed by atoms with van der Waals surface area (Å²) >= 11 is 0. The van der Waals surface area contributed by atoms with Gasteiger partial charge in [-0.05, 0) is 52.6 Å². The van der Waals surface area contributed by atoms with E-state index in [2.05, 4.69) is 10.6 Å². The van der Waals surface area contributed by atoms with Gasteiger partial charge in [0.2, 0.25) is 0 Å². The van der Waals surface area contributed by atoms with Gasteiger partial charge in [0, 0.05) is 0 Å². The van der Waals surface area contributed by atoms with Crippen molar-refractivity contribution in [1.29, 1.82) is 0 Å². The van der Waals surface area contributed by atoms with Crippen molar-refractivity contribution in [3.05, 3.63) is 0 Å². The number of carbonyl (C=O) groups is 2. The Bertz CT molecular complexity index is 357. The van der Waals surface area contributed by atoms with Crippen LogP contribution < -0.4 is 10.6 Å². The third-order valence-electron chi connectivity index (χ3n) is 3.16. The van der Waals surface area contributed by atoms with Gasteiger partial charge in [0.05, 0.1) is 0 Å². The van der Waals surface area contributed by atoms with E-state index < -0.39 is 17.7 Å². The Hall–Kier alpha value is -1.30. The lowest BCUT2D eigenvalue weighted by molar-refractivity contribution is -0.154. The molecule has 1 unspecified atom stereocenters. The molecular formula is C15H28N2O4. The molecule has 0 aromatic carbocycles.